The van der Waals surface area contributed by atoms with Gasteiger partial charge < -0.3 is 9.84 Å². The summed E-state index contributed by atoms with van der Waals surface area (Å²) in [5, 5.41) is 8.74. The van der Waals surface area contributed by atoms with Gasteiger partial charge in [0.2, 0.25) is 10.0 Å². The summed E-state index contributed by atoms with van der Waals surface area (Å²) in [5.41, 5.74) is 0.484. The standard InChI is InChI=1S/C15H21NO4S/c1-4-12(2)16-21(18,19)14-8-9-15(20-3)13(11-14)7-5-6-10-17/h8-9,11-12,16-17H,4,6,10H2,1-3H3. The molecule has 0 bridgehead atoms. The Kier molecular flexibility index (Phi) is 6.69. The molecule has 0 fully saturated rings. The molecule has 0 aliphatic heterocycles. The maximum atomic E-state index is 12.2. The van der Waals surface area contributed by atoms with Crippen LogP contribution in [-0.2, 0) is 10.0 Å². The van der Waals surface area contributed by atoms with Crippen LogP contribution in [0.2, 0.25) is 0 Å². The minimum Gasteiger partial charge on any atom is -0.495 e. The molecule has 6 heteroatoms. The lowest BCUT2D eigenvalue weighted by atomic mass is 10.2. The fourth-order valence-corrected chi connectivity index (χ4v) is 2.93. The van der Waals surface area contributed by atoms with Crippen molar-refractivity contribution < 1.29 is 18.3 Å². The number of benzene rings is 1. The van der Waals surface area contributed by atoms with Crippen LogP contribution in [0.15, 0.2) is 23.1 Å². The highest BCUT2D eigenvalue weighted by molar-refractivity contribution is 7.89. The Labute approximate surface area is 126 Å². The summed E-state index contributed by atoms with van der Waals surface area (Å²) >= 11 is 0. The molecule has 2 N–H and O–H groups in total. The maximum absolute atomic E-state index is 12.2. The fraction of sp³-hybridized carbons (Fsp3) is 0.467. The Morgan fingerprint density at radius 3 is 2.71 bits per heavy atom. The fourth-order valence-electron chi connectivity index (χ4n) is 1.58. The normalized spacial score (nSPS) is 12.4. The lowest BCUT2D eigenvalue weighted by Gasteiger charge is -2.13. The minimum atomic E-state index is -3.57. The number of rotatable bonds is 6. The first kappa shape index (κ1) is 17.5. The highest BCUT2D eigenvalue weighted by Crippen LogP contribution is 2.22. The smallest absolute Gasteiger partial charge is 0.240 e. The van der Waals surface area contributed by atoms with Crippen LogP contribution in [-0.4, -0.2) is 33.3 Å². The quantitative estimate of drug-likeness (QED) is 0.781. The van der Waals surface area contributed by atoms with E-state index in [0.717, 1.165) is 0 Å². The van der Waals surface area contributed by atoms with E-state index in [2.05, 4.69) is 16.6 Å². The molecule has 1 aromatic rings. The zero-order valence-corrected chi connectivity index (χ0v) is 13.3. The van der Waals surface area contributed by atoms with Crippen LogP contribution in [0.3, 0.4) is 0 Å². The molecule has 0 heterocycles. The molecule has 0 radical (unpaired) electrons. The molecular formula is C15H21NO4S. The molecular weight excluding hydrogens is 290 g/mol. The van der Waals surface area contributed by atoms with Gasteiger partial charge in [0.1, 0.15) is 5.75 Å². The second kappa shape index (κ2) is 8.03. The number of methoxy groups -OCH3 is 1. The lowest BCUT2D eigenvalue weighted by molar-refractivity contribution is 0.305. The SMILES string of the molecule is CCC(C)NS(=O)(=O)c1ccc(OC)c(C#CCCO)c1. The van der Waals surface area contributed by atoms with Crippen LogP contribution in [0.1, 0.15) is 32.3 Å². The summed E-state index contributed by atoms with van der Waals surface area (Å²) in [7, 11) is -2.07. The van der Waals surface area contributed by atoms with Gasteiger partial charge >= 0.3 is 0 Å². The molecule has 1 unspecified atom stereocenters. The molecule has 5 nitrogen and oxygen atoms in total. The van der Waals surface area contributed by atoms with Gasteiger partial charge in [0.25, 0.3) is 0 Å². The molecule has 116 valence electrons. The van der Waals surface area contributed by atoms with E-state index in [1.54, 1.807) is 6.07 Å². The van der Waals surface area contributed by atoms with Gasteiger partial charge in [-0.05, 0) is 31.5 Å². The molecule has 1 rings (SSSR count). The second-order valence-corrected chi connectivity index (χ2v) is 6.28. The summed E-state index contributed by atoms with van der Waals surface area (Å²) in [6, 6.07) is 4.41. The number of sulfonamides is 1. The van der Waals surface area contributed by atoms with Crippen molar-refractivity contribution in [2.24, 2.45) is 0 Å². The van der Waals surface area contributed by atoms with E-state index in [1.807, 2.05) is 13.8 Å². The van der Waals surface area contributed by atoms with Crippen molar-refractivity contribution in [1.82, 2.24) is 4.72 Å². The predicted octanol–water partition coefficient (Wildman–Crippen LogP) is 1.51. The van der Waals surface area contributed by atoms with E-state index in [4.69, 9.17) is 9.84 Å². The van der Waals surface area contributed by atoms with Crippen molar-refractivity contribution in [2.75, 3.05) is 13.7 Å². The van der Waals surface area contributed by atoms with Gasteiger partial charge in [-0.15, -0.1) is 0 Å². The van der Waals surface area contributed by atoms with Gasteiger partial charge in [-0.2, -0.15) is 0 Å². The topological polar surface area (TPSA) is 75.6 Å². The van der Waals surface area contributed by atoms with Gasteiger partial charge in [0, 0.05) is 12.5 Å². The first-order valence-electron chi connectivity index (χ1n) is 6.74. The van der Waals surface area contributed by atoms with Crippen molar-refractivity contribution in [3.63, 3.8) is 0 Å². The molecule has 0 aromatic heterocycles. The average Bonchev–Trinajstić information content (AvgIpc) is 2.46. The minimum absolute atomic E-state index is 0.0388. The summed E-state index contributed by atoms with van der Waals surface area (Å²) in [6.45, 7) is 3.68. The van der Waals surface area contributed by atoms with Crippen LogP contribution in [0.5, 0.6) is 5.75 Å². The third-order valence-corrected chi connectivity index (χ3v) is 4.50. The average molecular weight is 311 g/mol. The summed E-state index contributed by atoms with van der Waals surface area (Å²) in [6.07, 6.45) is 1.03. The molecule has 0 aliphatic carbocycles. The van der Waals surface area contributed by atoms with Gasteiger partial charge in [0.05, 0.1) is 24.2 Å². The van der Waals surface area contributed by atoms with Crippen LogP contribution in [0.4, 0.5) is 0 Å². The molecule has 0 aliphatic rings. The highest BCUT2D eigenvalue weighted by Gasteiger charge is 2.18. The van der Waals surface area contributed by atoms with Crippen LogP contribution >= 0.6 is 0 Å². The number of aliphatic hydroxyl groups excluding tert-OH is 1. The number of nitrogens with one attached hydrogen (secondary N) is 1. The van der Waals surface area contributed by atoms with Crippen molar-refractivity contribution >= 4 is 10.0 Å². The third kappa shape index (κ3) is 5.05. The zero-order chi connectivity index (χ0) is 15.9. The van der Waals surface area contributed by atoms with E-state index in [-0.39, 0.29) is 17.5 Å². The van der Waals surface area contributed by atoms with Crippen LogP contribution in [0, 0.1) is 11.8 Å². The summed E-state index contributed by atoms with van der Waals surface area (Å²) in [5.74, 6) is 6.08. The Bertz CT molecular complexity index is 629. The van der Waals surface area contributed by atoms with Crippen LogP contribution < -0.4 is 9.46 Å². The van der Waals surface area contributed by atoms with Gasteiger partial charge in [0.15, 0.2) is 0 Å². The number of ether oxygens (including phenoxy) is 1. The zero-order valence-electron chi connectivity index (χ0n) is 12.5. The number of hydrogen-bond donors (Lipinski definition) is 2. The first-order valence-corrected chi connectivity index (χ1v) is 8.23. The van der Waals surface area contributed by atoms with Crippen LogP contribution in [0.25, 0.3) is 0 Å². The Morgan fingerprint density at radius 2 is 2.14 bits per heavy atom. The van der Waals surface area contributed by atoms with Gasteiger partial charge in [-0.3, -0.25) is 0 Å². The Morgan fingerprint density at radius 1 is 1.43 bits per heavy atom. The summed E-state index contributed by atoms with van der Waals surface area (Å²) in [4.78, 5) is 0.150. The Hall–Kier alpha value is -1.55. The monoisotopic (exact) mass is 311 g/mol. The molecule has 0 saturated heterocycles. The van der Waals surface area contributed by atoms with E-state index in [9.17, 15) is 8.42 Å². The van der Waals surface area contributed by atoms with E-state index in [1.165, 1.54) is 19.2 Å². The lowest BCUT2D eigenvalue weighted by Crippen LogP contribution is -2.32. The third-order valence-electron chi connectivity index (χ3n) is 2.91. The first-order chi connectivity index (χ1) is 9.94. The number of aliphatic hydroxyl groups is 1. The van der Waals surface area contributed by atoms with Gasteiger partial charge in [-0.1, -0.05) is 18.8 Å². The van der Waals surface area contributed by atoms with Crippen molar-refractivity contribution in [2.45, 2.75) is 37.6 Å². The molecule has 1 atom stereocenters. The maximum Gasteiger partial charge on any atom is 0.240 e. The van der Waals surface area contributed by atoms with Gasteiger partial charge in [-0.25, -0.2) is 13.1 Å². The van der Waals surface area contributed by atoms with E-state index < -0.39 is 10.0 Å². The largest absolute Gasteiger partial charge is 0.495 e. The molecule has 0 spiro atoms. The van der Waals surface area contributed by atoms with Crippen molar-refractivity contribution in [3.8, 4) is 17.6 Å². The van der Waals surface area contributed by atoms with E-state index in [0.29, 0.717) is 24.2 Å². The molecule has 0 amide bonds. The molecule has 0 saturated carbocycles. The number of hydrogen-bond acceptors (Lipinski definition) is 4. The predicted molar refractivity (Wildman–Crippen MR) is 81.6 cm³/mol. The highest BCUT2D eigenvalue weighted by atomic mass is 32.2. The van der Waals surface area contributed by atoms with Crippen molar-refractivity contribution in [3.05, 3.63) is 23.8 Å². The van der Waals surface area contributed by atoms with Crippen molar-refractivity contribution in [1.29, 1.82) is 0 Å². The Balaban J connectivity index is 3.16. The molecule has 1 aromatic carbocycles. The summed E-state index contributed by atoms with van der Waals surface area (Å²) < 4.78 is 32.2. The van der Waals surface area contributed by atoms with E-state index >= 15 is 0 Å². The molecule has 21 heavy (non-hydrogen) atoms. The second-order valence-electron chi connectivity index (χ2n) is 4.57.